The van der Waals surface area contributed by atoms with Crippen molar-refractivity contribution in [2.45, 2.75) is 25.6 Å². The van der Waals surface area contributed by atoms with Crippen molar-refractivity contribution >= 4 is 17.6 Å². The van der Waals surface area contributed by atoms with Gasteiger partial charge in [-0.05, 0) is 37.1 Å². The van der Waals surface area contributed by atoms with Gasteiger partial charge >= 0.3 is 5.97 Å². The molecule has 0 fully saturated rings. The average Bonchev–Trinajstić information content (AvgIpc) is 2.75. The third kappa shape index (κ3) is 3.53. The highest BCUT2D eigenvalue weighted by molar-refractivity contribution is 6.03. The standard InChI is InChI=1S/C21H21N3O5/c1-2-28-18(25)12-29-14-8-6-13(7-9-14)20-22-21(26)16-5-3-4-15-17(23-27)10-11-24(20)19(15)16/h3-9,17,20H,2,10-12H2,1H3,(H,22,26). The van der Waals surface area contributed by atoms with Crippen LogP contribution >= 0.6 is 0 Å². The lowest BCUT2D eigenvalue weighted by Gasteiger charge is -2.43. The van der Waals surface area contributed by atoms with Crippen LogP contribution < -0.4 is 15.0 Å². The first-order valence-electron chi connectivity index (χ1n) is 9.53. The fraction of sp³-hybridized carbons (Fsp3) is 0.333. The fourth-order valence-corrected chi connectivity index (χ4v) is 3.86. The Morgan fingerprint density at radius 2 is 2.03 bits per heavy atom. The summed E-state index contributed by atoms with van der Waals surface area (Å²) in [5.41, 5.74) is 3.00. The molecule has 29 heavy (non-hydrogen) atoms. The molecule has 2 aliphatic rings. The van der Waals surface area contributed by atoms with Gasteiger partial charge in [0.2, 0.25) is 0 Å². The van der Waals surface area contributed by atoms with E-state index in [0.717, 1.165) is 16.8 Å². The lowest BCUT2D eigenvalue weighted by atomic mass is 9.90. The molecule has 8 nitrogen and oxygen atoms in total. The summed E-state index contributed by atoms with van der Waals surface area (Å²) in [6.45, 7) is 2.49. The van der Waals surface area contributed by atoms with Crippen LogP contribution in [-0.4, -0.2) is 31.6 Å². The van der Waals surface area contributed by atoms with Crippen molar-refractivity contribution < 1.29 is 19.1 Å². The van der Waals surface area contributed by atoms with Crippen LogP contribution in [0.25, 0.3) is 0 Å². The molecule has 1 N–H and O–H groups in total. The molecule has 0 aliphatic carbocycles. The number of amides is 1. The van der Waals surface area contributed by atoms with Crippen LogP contribution in [0.4, 0.5) is 5.69 Å². The Labute approximate surface area is 167 Å². The van der Waals surface area contributed by atoms with Crippen LogP contribution in [0.5, 0.6) is 5.75 Å². The van der Waals surface area contributed by atoms with Gasteiger partial charge in [0.25, 0.3) is 5.91 Å². The van der Waals surface area contributed by atoms with E-state index in [2.05, 4.69) is 15.4 Å². The molecule has 2 unspecified atom stereocenters. The van der Waals surface area contributed by atoms with Gasteiger partial charge in [-0.3, -0.25) is 4.79 Å². The molecule has 2 atom stereocenters. The maximum Gasteiger partial charge on any atom is 0.344 e. The first-order valence-corrected chi connectivity index (χ1v) is 9.53. The molecule has 2 aromatic rings. The van der Waals surface area contributed by atoms with E-state index < -0.39 is 12.0 Å². The van der Waals surface area contributed by atoms with Crippen molar-refractivity contribution in [1.82, 2.24) is 5.32 Å². The van der Waals surface area contributed by atoms with E-state index in [1.165, 1.54) is 0 Å². The minimum Gasteiger partial charge on any atom is -0.482 e. The van der Waals surface area contributed by atoms with Gasteiger partial charge in [0, 0.05) is 12.1 Å². The maximum absolute atomic E-state index is 12.7. The van der Waals surface area contributed by atoms with E-state index in [-0.39, 0.29) is 18.7 Å². The van der Waals surface area contributed by atoms with Gasteiger partial charge in [0.05, 0.1) is 17.9 Å². The molecule has 4 rings (SSSR count). The normalized spacial score (nSPS) is 19.8. The van der Waals surface area contributed by atoms with E-state index in [1.807, 2.05) is 18.2 Å². The Balaban J connectivity index is 1.58. The highest BCUT2D eigenvalue weighted by Crippen LogP contribution is 2.44. The van der Waals surface area contributed by atoms with E-state index in [0.29, 0.717) is 30.9 Å². The van der Waals surface area contributed by atoms with Crippen LogP contribution in [0.2, 0.25) is 0 Å². The Kier molecular flexibility index (Phi) is 5.16. The summed E-state index contributed by atoms with van der Waals surface area (Å²) in [6, 6.07) is 12.2. The monoisotopic (exact) mass is 395 g/mol. The zero-order chi connectivity index (χ0) is 20.4. The van der Waals surface area contributed by atoms with Gasteiger partial charge in [-0.15, -0.1) is 0 Å². The molecule has 150 valence electrons. The summed E-state index contributed by atoms with van der Waals surface area (Å²) in [5, 5.41) is 6.28. The molecule has 2 aliphatic heterocycles. The SMILES string of the molecule is CCOC(=O)COc1ccc(C2NC(=O)c3cccc4c3N2CCC4N=O)cc1. The Morgan fingerprint density at radius 3 is 2.76 bits per heavy atom. The van der Waals surface area contributed by atoms with Crippen LogP contribution in [0.3, 0.4) is 0 Å². The molecule has 8 heteroatoms. The van der Waals surface area contributed by atoms with Gasteiger partial charge in [0.1, 0.15) is 18.0 Å². The molecule has 0 aromatic heterocycles. The number of para-hydroxylation sites is 1. The Hall–Kier alpha value is -3.42. The number of hydrogen-bond acceptors (Lipinski definition) is 7. The quantitative estimate of drug-likeness (QED) is 0.596. The number of esters is 1. The summed E-state index contributed by atoms with van der Waals surface area (Å²) in [7, 11) is 0. The Bertz CT molecular complexity index is 944. The van der Waals surface area contributed by atoms with Gasteiger partial charge < -0.3 is 19.7 Å². The van der Waals surface area contributed by atoms with Crippen molar-refractivity contribution in [1.29, 1.82) is 0 Å². The number of benzene rings is 2. The van der Waals surface area contributed by atoms with Crippen molar-refractivity contribution in [2.24, 2.45) is 5.18 Å². The predicted molar refractivity (Wildman–Crippen MR) is 106 cm³/mol. The molecule has 2 heterocycles. The predicted octanol–water partition coefficient (Wildman–Crippen LogP) is 3.09. The highest BCUT2D eigenvalue weighted by atomic mass is 16.6. The first kappa shape index (κ1) is 18.9. The number of rotatable bonds is 6. The average molecular weight is 395 g/mol. The number of nitrogens with one attached hydrogen (secondary N) is 1. The summed E-state index contributed by atoms with van der Waals surface area (Å²) in [5.74, 6) is -0.0712. The van der Waals surface area contributed by atoms with Gasteiger partial charge in [-0.25, -0.2) is 4.79 Å². The lowest BCUT2D eigenvalue weighted by Crippen LogP contribution is -2.49. The highest BCUT2D eigenvalue weighted by Gasteiger charge is 2.38. The minimum absolute atomic E-state index is 0.156. The van der Waals surface area contributed by atoms with Crippen molar-refractivity contribution in [3.05, 3.63) is 64.1 Å². The molecular weight excluding hydrogens is 374 g/mol. The van der Waals surface area contributed by atoms with Crippen LogP contribution in [0, 0.1) is 4.91 Å². The van der Waals surface area contributed by atoms with E-state index in [4.69, 9.17) is 9.47 Å². The number of carbonyl (C=O) groups is 2. The fourth-order valence-electron chi connectivity index (χ4n) is 3.86. The summed E-state index contributed by atoms with van der Waals surface area (Å²) >= 11 is 0. The summed E-state index contributed by atoms with van der Waals surface area (Å²) in [6.07, 6.45) is 0.232. The van der Waals surface area contributed by atoms with E-state index >= 15 is 0 Å². The number of nitroso groups, excluding NO2 is 1. The number of anilines is 1. The first-order chi connectivity index (χ1) is 14.1. The molecule has 2 aromatic carbocycles. The van der Waals surface area contributed by atoms with Gasteiger partial charge in [0.15, 0.2) is 6.61 Å². The molecule has 0 saturated carbocycles. The van der Waals surface area contributed by atoms with Crippen molar-refractivity contribution in [2.75, 3.05) is 24.7 Å². The largest absolute Gasteiger partial charge is 0.482 e. The molecule has 0 saturated heterocycles. The third-order valence-corrected chi connectivity index (χ3v) is 5.17. The third-order valence-electron chi connectivity index (χ3n) is 5.17. The molecular formula is C21H21N3O5. The van der Waals surface area contributed by atoms with Gasteiger partial charge in [-0.1, -0.05) is 29.4 Å². The zero-order valence-corrected chi connectivity index (χ0v) is 16.0. The van der Waals surface area contributed by atoms with Crippen LogP contribution in [0.15, 0.2) is 47.6 Å². The molecule has 1 amide bonds. The van der Waals surface area contributed by atoms with Gasteiger partial charge in [-0.2, -0.15) is 4.91 Å². The number of nitrogens with zero attached hydrogens (tertiary/aromatic N) is 2. The Morgan fingerprint density at radius 1 is 1.24 bits per heavy atom. The summed E-state index contributed by atoms with van der Waals surface area (Å²) in [4.78, 5) is 37.5. The van der Waals surface area contributed by atoms with Crippen molar-refractivity contribution in [3.63, 3.8) is 0 Å². The topological polar surface area (TPSA) is 97.3 Å². The molecule has 0 bridgehead atoms. The summed E-state index contributed by atoms with van der Waals surface area (Å²) < 4.78 is 10.3. The number of carbonyl (C=O) groups excluding carboxylic acids is 2. The lowest BCUT2D eigenvalue weighted by molar-refractivity contribution is -0.145. The number of ether oxygens (including phenoxy) is 2. The smallest absolute Gasteiger partial charge is 0.344 e. The molecule has 0 spiro atoms. The van der Waals surface area contributed by atoms with Crippen LogP contribution in [0.1, 0.15) is 47.0 Å². The zero-order valence-electron chi connectivity index (χ0n) is 16.0. The van der Waals surface area contributed by atoms with Crippen molar-refractivity contribution in [3.8, 4) is 5.75 Å². The second kappa shape index (κ2) is 7.90. The molecule has 0 radical (unpaired) electrons. The van der Waals surface area contributed by atoms with Crippen LogP contribution in [-0.2, 0) is 9.53 Å². The second-order valence-electron chi connectivity index (χ2n) is 6.89. The second-order valence-corrected chi connectivity index (χ2v) is 6.89. The van der Waals surface area contributed by atoms with E-state index in [1.54, 1.807) is 31.2 Å². The minimum atomic E-state index is -0.439. The maximum atomic E-state index is 12.7. The van der Waals surface area contributed by atoms with E-state index in [9.17, 15) is 14.5 Å². The number of hydrogen-bond donors (Lipinski definition) is 1.